The molecule has 0 radical (unpaired) electrons. The Morgan fingerprint density at radius 1 is 0.600 bits per heavy atom. The van der Waals surface area contributed by atoms with E-state index in [9.17, 15) is 67.7 Å². The summed E-state index contributed by atoms with van der Waals surface area (Å²) in [5, 5.41) is 30.4. The predicted molar refractivity (Wildman–Crippen MR) is 290 cm³/mol. The molecular weight excluding hydrogens is 1040 g/mol. The Morgan fingerprint density at radius 3 is 1.66 bits per heavy atom. The molecule has 0 unspecified atom stereocenters. The fraction of sp³-hybridized carbons (Fsp3) is 0.679. The van der Waals surface area contributed by atoms with Crippen molar-refractivity contribution in [2.45, 2.75) is 180 Å². The average Bonchev–Trinajstić information content (AvgIpc) is 4.12. The van der Waals surface area contributed by atoms with Gasteiger partial charge >= 0.3 is 17.9 Å². The number of likely N-dealkylation sites (N-methyl/N-ethyl adjacent to an activating group) is 3. The van der Waals surface area contributed by atoms with Crippen molar-refractivity contribution in [3.05, 3.63) is 35.9 Å². The largest absolute Gasteiger partial charge is 0.481 e. The van der Waals surface area contributed by atoms with Gasteiger partial charge in [-0.15, -0.1) is 0 Å². The van der Waals surface area contributed by atoms with Crippen LogP contribution in [0.15, 0.2) is 30.3 Å². The molecule has 444 valence electrons. The number of benzene rings is 1. The number of amides is 9. The summed E-state index contributed by atoms with van der Waals surface area (Å²) in [5.74, 6) is -13.0. The van der Waals surface area contributed by atoms with E-state index in [-0.39, 0.29) is 38.8 Å². The van der Waals surface area contributed by atoms with Gasteiger partial charge < -0.3 is 60.7 Å². The summed E-state index contributed by atoms with van der Waals surface area (Å²) in [4.78, 5) is 174. The molecule has 11 atom stereocenters. The summed E-state index contributed by atoms with van der Waals surface area (Å²) in [6, 6.07) is -1.85. The zero-order chi connectivity index (χ0) is 59.9. The molecule has 24 heteroatoms. The number of cyclic esters (lactones) is 1. The Bertz CT molecular complexity index is 2420. The van der Waals surface area contributed by atoms with Crippen LogP contribution in [-0.2, 0) is 68.7 Å². The number of nitrogens with one attached hydrogen (secondary N) is 4. The standard InChI is InChI=1S/C56H85N9O15/c1-12-33(7)45-54(77)65-28-18-22-39(65)50(73)59-44(31(3)4)53(76)62(10)40(24-26-43(69)70)56(79)80-47(34(8)13-2)51(74)58-36(29-35-19-15-14-16-20-35)52(75)64-27-17-21-38(64)48(71)57-30-41(66)63(11)46(32(5)6)55(78)61(9)37(49(72)60-45)23-25-42(67)68/h14-16,19-20,31-34,36-40,44-47H,12-13,17-18,21-30H2,1-11H3,(H,57,71)(H,58,74)(H,59,73)(H,60,72)(H,67,68)(H,69,70)/t33-,34-,36+,37-,38+,39-,40+,44+,45+,46+,47+/m1/s1. The summed E-state index contributed by atoms with van der Waals surface area (Å²) in [6.07, 6.45) is -1.98. The number of fused-ring (bicyclic) bond motifs is 2. The van der Waals surface area contributed by atoms with Crippen molar-refractivity contribution < 1.29 is 72.5 Å². The number of hydrogen-bond donors (Lipinski definition) is 6. The van der Waals surface area contributed by atoms with Crippen molar-refractivity contribution in [2.75, 3.05) is 40.8 Å². The van der Waals surface area contributed by atoms with Crippen LogP contribution in [-0.4, -0.2) is 201 Å². The number of aliphatic carboxylic acids is 2. The van der Waals surface area contributed by atoms with E-state index in [2.05, 4.69) is 21.3 Å². The number of esters is 1. The normalized spacial score (nSPS) is 27.0. The molecule has 80 heavy (non-hydrogen) atoms. The van der Waals surface area contributed by atoms with Crippen LogP contribution < -0.4 is 21.3 Å². The van der Waals surface area contributed by atoms with Gasteiger partial charge in [0.2, 0.25) is 47.3 Å². The van der Waals surface area contributed by atoms with E-state index in [1.54, 1.807) is 85.7 Å². The van der Waals surface area contributed by atoms with Gasteiger partial charge in [0.15, 0.2) is 6.10 Å². The van der Waals surface area contributed by atoms with E-state index in [1.807, 2.05) is 0 Å². The summed E-state index contributed by atoms with van der Waals surface area (Å²) in [7, 11) is 3.88. The maximum absolute atomic E-state index is 14.7. The van der Waals surface area contributed by atoms with Gasteiger partial charge in [-0.25, -0.2) is 4.79 Å². The van der Waals surface area contributed by atoms with Crippen molar-refractivity contribution in [2.24, 2.45) is 23.7 Å². The minimum Gasteiger partial charge on any atom is -0.481 e. The lowest BCUT2D eigenvalue weighted by atomic mass is 9.95. The Hall–Kier alpha value is -7.14. The number of carbonyl (C=O) groups is 12. The number of carbonyl (C=O) groups excluding carboxylic acids is 10. The fourth-order valence-electron chi connectivity index (χ4n) is 10.5. The number of hydrogen-bond acceptors (Lipinski definition) is 13. The van der Waals surface area contributed by atoms with E-state index in [0.717, 1.165) is 14.7 Å². The van der Waals surface area contributed by atoms with Gasteiger partial charge in [-0.3, -0.25) is 52.7 Å². The van der Waals surface area contributed by atoms with E-state index in [1.165, 1.54) is 30.9 Å². The van der Waals surface area contributed by atoms with Crippen molar-refractivity contribution in [3.8, 4) is 0 Å². The average molecular weight is 1120 g/mol. The molecule has 24 nitrogen and oxygen atoms in total. The number of carboxylic acid groups (broad SMARTS) is 2. The Kier molecular flexibility index (Phi) is 24.4. The van der Waals surface area contributed by atoms with Crippen molar-refractivity contribution >= 4 is 71.1 Å². The number of rotatable bonds is 14. The lowest BCUT2D eigenvalue weighted by Gasteiger charge is -2.37. The molecular formula is C56H85N9O15. The topological polar surface area (TPSA) is 319 Å². The third-order valence-electron chi connectivity index (χ3n) is 15.8. The summed E-state index contributed by atoms with van der Waals surface area (Å²) in [6.45, 7) is 13.0. The number of ether oxygens (including phenoxy) is 1. The Labute approximate surface area is 468 Å². The van der Waals surface area contributed by atoms with Gasteiger partial charge in [-0.05, 0) is 68.3 Å². The highest BCUT2D eigenvalue weighted by Crippen LogP contribution is 2.26. The number of carboxylic acids is 2. The lowest BCUT2D eigenvalue weighted by molar-refractivity contribution is -0.167. The first-order valence-electron chi connectivity index (χ1n) is 27.9. The molecule has 3 aliphatic heterocycles. The van der Waals surface area contributed by atoms with Crippen LogP contribution in [0.3, 0.4) is 0 Å². The Balaban J connectivity index is 1.86. The molecule has 3 aliphatic rings. The molecule has 6 N–H and O–H groups in total. The second kappa shape index (κ2) is 29.9. The highest BCUT2D eigenvalue weighted by atomic mass is 16.6. The molecule has 3 heterocycles. The quantitative estimate of drug-likeness (QED) is 0.143. The second-order valence-corrected chi connectivity index (χ2v) is 22.2. The van der Waals surface area contributed by atoms with E-state index >= 15 is 0 Å². The highest BCUT2D eigenvalue weighted by molar-refractivity contribution is 5.99. The maximum Gasteiger partial charge on any atom is 0.329 e. The highest BCUT2D eigenvalue weighted by Gasteiger charge is 2.45. The van der Waals surface area contributed by atoms with E-state index < -0.39 is 181 Å². The van der Waals surface area contributed by atoms with Crippen molar-refractivity contribution in [3.63, 3.8) is 0 Å². The molecule has 0 spiro atoms. The summed E-state index contributed by atoms with van der Waals surface area (Å²) >= 11 is 0. The fourth-order valence-corrected chi connectivity index (χ4v) is 10.5. The monoisotopic (exact) mass is 1120 g/mol. The third kappa shape index (κ3) is 16.7. The molecule has 4 rings (SSSR count). The number of nitrogens with zero attached hydrogens (tertiary/aromatic N) is 5. The first kappa shape index (κ1) is 65.4. The van der Waals surface area contributed by atoms with Crippen LogP contribution in [0.4, 0.5) is 0 Å². The van der Waals surface area contributed by atoms with Crippen LogP contribution in [0.2, 0.25) is 0 Å². The van der Waals surface area contributed by atoms with Gasteiger partial charge in [-0.2, -0.15) is 0 Å². The van der Waals surface area contributed by atoms with Crippen LogP contribution in [0, 0.1) is 23.7 Å². The van der Waals surface area contributed by atoms with Gasteiger partial charge in [0.05, 0.1) is 6.54 Å². The lowest BCUT2D eigenvalue weighted by Crippen LogP contribution is -2.61. The molecule has 1 aromatic rings. The zero-order valence-corrected chi connectivity index (χ0v) is 48.2. The van der Waals surface area contributed by atoms with E-state index in [0.29, 0.717) is 24.8 Å². The van der Waals surface area contributed by atoms with Gasteiger partial charge in [0.1, 0.15) is 48.3 Å². The molecule has 3 saturated heterocycles. The molecule has 1 aromatic carbocycles. The predicted octanol–water partition coefficient (Wildman–Crippen LogP) is 1.32. The first-order chi connectivity index (χ1) is 37.7. The van der Waals surface area contributed by atoms with Gasteiger partial charge in [-0.1, -0.05) is 92.1 Å². The first-order valence-corrected chi connectivity index (χ1v) is 27.9. The van der Waals surface area contributed by atoms with Crippen LogP contribution in [0.1, 0.15) is 125 Å². The molecule has 0 aromatic heterocycles. The minimum atomic E-state index is -1.61. The smallest absolute Gasteiger partial charge is 0.329 e. The molecule has 9 amide bonds. The van der Waals surface area contributed by atoms with Crippen LogP contribution in [0.25, 0.3) is 0 Å². The van der Waals surface area contributed by atoms with E-state index in [4.69, 9.17) is 4.74 Å². The van der Waals surface area contributed by atoms with Gasteiger partial charge in [0.25, 0.3) is 5.91 Å². The second-order valence-electron chi connectivity index (χ2n) is 22.2. The molecule has 0 aliphatic carbocycles. The Morgan fingerprint density at radius 2 is 1.12 bits per heavy atom. The third-order valence-corrected chi connectivity index (χ3v) is 15.8. The van der Waals surface area contributed by atoms with Gasteiger partial charge in [0, 0.05) is 59.4 Å². The van der Waals surface area contributed by atoms with Crippen molar-refractivity contribution in [1.29, 1.82) is 0 Å². The van der Waals surface area contributed by atoms with Crippen LogP contribution >= 0.6 is 0 Å². The summed E-state index contributed by atoms with van der Waals surface area (Å²) < 4.78 is 5.95. The zero-order valence-electron chi connectivity index (χ0n) is 48.2. The molecule has 3 fully saturated rings. The molecule has 0 saturated carbocycles. The minimum absolute atomic E-state index is 0.0649. The van der Waals surface area contributed by atoms with Crippen LogP contribution in [0.5, 0.6) is 0 Å². The SMILES string of the molecule is CC[C@@H](C)[C@@H]1NC(=O)[C@@H](CCC(=O)O)N(C)C(=O)[C@H](C(C)C)N(C)C(=O)CNC(=O)[C@@H]2CCCN2C(=O)[C@H](Cc2ccccc2)NC(=O)[C@H]([C@H](C)CC)OC(=O)[C@H](CCC(=O)O)N(C)C(=O)[C@H](C(C)C)NC(=O)[C@H]2CCCN2C1=O. The van der Waals surface area contributed by atoms with Crippen molar-refractivity contribution in [1.82, 2.24) is 45.8 Å². The maximum atomic E-state index is 14.7. The summed E-state index contributed by atoms with van der Waals surface area (Å²) in [5.41, 5.74) is 0.631. The molecule has 0 bridgehead atoms.